The van der Waals surface area contributed by atoms with Crippen LogP contribution >= 0.6 is 0 Å². The van der Waals surface area contributed by atoms with Gasteiger partial charge in [0.1, 0.15) is 0 Å². The second-order valence-electron chi connectivity index (χ2n) is 5.44. The van der Waals surface area contributed by atoms with Crippen LogP contribution in [0.2, 0.25) is 0 Å². The summed E-state index contributed by atoms with van der Waals surface area (Å²) < 4.78 is 2.22. The lowest BCUT2D eigenvalue weighted by Gasteiger charge is -2.35. The van der Waals surface area contributed by atoms with Crippen molar-refractivity contribution in [3.05, 3.63) is 53.9 Å². The first-order chi connectivity index (χ1) is 10.2. The third kappa shape index (κ3) is 2.53. The Bertz CT molecular complexity index is 647. The van der Waals surface area contributed by atoms with Crippen molar-refractivity contribution in [2.75, 3.05) is 11.9 Å². The van der Waals surface area contributed by atoms with Gasteiger partial charge in [-0.2, -0.15) is 0 Å². The molecule has 4 heteroatoms. The first-order valence-electron chi connectivity index (χ1n) is 7.51. The molecule has 3 rings (SSSR count). The van der Waals surface area contributed by atoms with E-state index in [1.54, 1.807) is 0 Å². The zero-order chi connectivity index (χ0) is 14.8. The van der Waals surface area contributed by atoms with Crippen LogP contribution in [-0.4, -0.2) is 22.0 Å². The Hall–Kier alpha value is -2.23. The summed E-state index contributed by atoms with van der Waals surface area (Å²) in [5.41, 5.74) is 3.28. The number of nitrogens with one attached hydrogen (secondary N) is 1. The van der Waals surface area contributed by atoms with E-state index < -0.39 is 0 Å². The average molecular weight is 283 g/mol. The minimum absolute atomic E-state index is 0.0177. The van der Waals surface area contributed by atoms with Crippen LogP contribution in [-0.2, 0) is 13.0 Å². The van der Waals surface area contributed by atoms with Gasteiger partial charge in [-0.15, -0.1) is 0 Å². The molecular weight excluding hydrogens is 262 g/mol. The van der Waals surface area contributed by atoms with Gasteiger partial charge in [-0.1, -0.05) is 25.1 Å². The van der Waals surface area contributed by atoms with Gasteiger partial charge in [0.2, 0.25) is 0 Å². The summed E-state index contributed by atoms with van der Waals surface area (Å²) in [6, 6.07) is 12.2. The Balaban J connectivity index is 1.77. The van der Waals surface area contributed by atoms with Crippen LogP contribution in [0.5, 0.6) is 0 Å². The number of hydrogen-bond acceptors (Lipinski definition) is 1. The maximum absolute atomic E-state index is 12.6. The monoisotopic (exact) mass is 283 g/mol. The molecule has 0 saturated carbocycles. The highest BCUT2D eigenvalue weighted by Gasteiger charge is 2.27. The molecule has 2 aromatic rings. The lowest BCUT2D eigenvalue weighted by Crippen LogP contribution is -2.43. The molecular formula is C17H21N3O. The maximum atomic E-state index is 12.6. The number of aromatic nitrogens is 1. The number of benzene rings is 1. The van der Waals surface area contributed by atoms with Crippen LogP contribution in [0, 0.1) is 0 Å². The summed E-state index contributed by atoms with van der Waals surface area (Å²) in [6.07, 6.45) is 2.99. The number of aryl methyl sites for hydroxylation is 1. The highest BCUT2D eigenvalue weighted by Crippen LogP contribution is 2.26. The first kappa shape index (κ1) is 13.7. The predicted molar refractivity (Wildman–Crippen MR) is 84.4 cm³/mol. The highest BCUT2D eigenvalue weighted by atomic mass is 16.2. The largest absolute Gasteiger partial charge is 0.348 e. The van der Waals surface area contributed by atoms with Gasteiger partial charge in [-0.3, -0.25) is 0 Å². The topological polar surface area (TPSA) is 37.3 Å². The molecule has 2 heterocycles. The molecule has 1 N–H and O–H groups in total. The number of para-hydroxylation sites is 1. The molecule has 1 aromatic carbocycles. The molecule has 0 fully saturated rings. The maximum Gasteiger partial charge on any atom is 0.322 e. The lowest BCUT2D eigenvalue weighted by molar-refractivity contribution is 0.175. The SMILES string of the molecule is CCc1ccccc1NC(=O)N1CCn2cccc2C1C. The number of amides is 2. The fraction of sp³-hybridized carbons (Fsp3) is 0.353. The van der Waals surface area contributed by atoms with Gasteiger partial charge in [0.25, 0.3) is 0 Å². The van der Waals surface area contributed by atoms with Crippen LogP contribution in [0.4, 0.5) is 10.5 Å². The molecule has 0 spiro atoms. The molecule has 1 aliphatic heterocycles. The van der Waals surface area contributed by atoms with Crippen molar-refractivity contribution in [3.63, 3.8) is 0 Å². The fourth-order valence-corrected chi connectivity index (χ4v) is 2.99. The second-order valence-corrected chi connectivity index (χ2v) is 5.44. The minimum Gasteiger partial charge on any atom is -0.348 e. The molecule has 1 aromatic heterocycles. The van der Waals surface area contributed by atoms with Crippen molar-refractivity contribution < 1.29 is 4.79 Å². The smallest absolute Gasteiger partial charge is 0.322 e. The van der Waals surface area contributed by atoms with Gasteiger partial charge in [-0.25, -0.2) is 4.79 Å². The summed E-state index contributed by atoms with van der Waals surface area (Å²) in [5.74, 6) is 0. The quantitative estimate of drug-likeness (QED) is 0.897. The molecule has 110 valence electrons. The van der Waals surface area contributed by atoms with Crippen LogP contribution in [0.15, 0.2) is 42.6 Å². The molecule has 0 aliphatic carbocycles. The van der Waals surface area contributed by atoms with Gasteiger partial charge in [0.15, 0.2) is 0 Å². The van der Waals surface area contributed by atoms with Crippen molar-refractivity contribution in [1.29, 1.82) is 0 Å². The fourth-order valence-electron chi connectivity index (χ4n) is 2.99. The van der Waals surface area contributed by atoms with Crippen molar-refractivity contribution in [1.82, 2.24) is 9.47 Å². The zero-order valence-corrected chi connectivity index (χ0v) is 12.5. The molecule has 1 atom stereocenters. The third-order valence-electron chi connectivity index (χ3n) is 4.24. The van der Waals surface area contributed by atoms with Crippen molar-refractivity contribution >= 4 is 11.7 Å². The first-order valence-corrected chi connectivity index (χ1v) is 7.51. The van der Waals surface area contributed by atoms with Crippen molar-refractivity contribution in [2.45, 2.75) is 32.9 Å². The van der Waals surface area contributed by atoms with E-state index in [-0.39, 0.29) is 12.1 Å². The van der Waals surface area contributed by atoms with E-state index in [2.05, 4.69) is 42.1 Å². The van der Waals surface area contributed by atoms with Crippen molar-refractivity contribution in [3.8, 4) is 0 Å². The summed E-state index contributed by atoms with van der Waals surface area (Å²) in [7, 11) is 0. The normalized spacial score (nSPS) is 17.4. The van der Waals surface area contributed by atoms with E-state index in [1.807, 2.05) is 29.2 Å². The summed E-state index contributed by atoms with van der Waals surface area (Å²) in [5, 5.41) is 3.06. The van der Waals surface area contributed by atoms with E-state index in [0.29, 0.717) is 0 Å². The summed E-state index contributed by atoms with van der Waals surface area (Å²) >= 11 is 0. The average Bonchev–Trinajstić information content (AvgIpc) is 2.97. The number of rotatable bonds is 2. The van der Waals surface area contributed by atoms with Gasteiger partial charge in [-0.05, 0) is 37.1 Å². The Morgan fingerprint density at radius 3 is 2.86 bits per heavy atom. The molecule has 1 unspecified atom stereocenters. The minimum atomic E-state index is -0.0177. The standard InChI is InChI=1S/C17H21N3O/c1-3-14-7-4-5-8-15(14)18-17(21)20-12-11-19-10-6-9-16(19)13(20)2/h4-10,13H,3,11-12H2,1-2H3,(H,18,21). The zero-order valence-electron chi connectivity index (χ0n) is 12.5. The molecule has 4 nitrogen and oxygen atoms in total. The highest BCUT2D eigenvalue weighted by molar-refractivity contribution is 5.90. The van der Waals surface area contributed by atoms with E-state index in [0.717, 1.165) is 25.2 Å². The van der Waals surface area contributed by atoms with Crippen LogP contribution in [0.25, 0.3) is 0 Å². The van der Waals surface area contributed by atoms with E-state index in [1.165, 1.54) is 11.3 Å². The number of carbonyl (C=O) groups is 1. The molecule has 21 heavy (non-hydrogen) atoms. The second kappa shape index (κ2) is 5.64. The van der Waals surface area contributed by atoms with E-state index >= 15 is 0 Å². The van der Waals surface area contributed by atoms with Crippen LogP contribution in [0.3, 0.4) is 0 Å². The summed E-state index contributed by atoms with van der Waals surface area (Å²) in [4.78, 5) is 14.5. The lowest BCUT2D eigenvalue weighted by atomic mass is 10.1. The number of anilines is 1. The van der Waals surface area contributed by atoms with Gasteiger partial charge in [0, 0.05) is 30.7 Å². The predicted octanol–water partition coefficient (Wildman–Crippen LogP) is 3.66. The molecule has 1 aliphatic rings. The van der Waals surface area contributed by atoms with E-state index in [4.69, 9.17) is 0 Å². The van der Waals surface area contributed by atoms with Crippen LogP contribution in [0.1, 0.15) is 31.1 Å². The summed E-state index contributed by atoms with van der Waals surface area (Å²) in [6.45, 7) is 5.77. The van der Waals surface area contributed by atoms with Gasteiger partial charge >= 0.3 is 6.03 Å². The Morgan fingerprint density at radius 1 is 1.24 bits per heavy atom. The molecule has 0 bridgehead atoms. The molecule has 0 radical (unpaired) electrons. The number of carbonyl (C=O) groups excluding carboxylic acids is 1. The van der Waals surface area contributed by atoms with E-state index in [9.17, 15) is 4.79 Å². The van der Waals surface area contributed by atoms with Crippen molar-refractivity contribution in [2.24, 2.45) is 0 Å². The number of hydrogen-bond donors (Lipinski definition) is 1. The number of fused-ring (bicyclic) bond motifs is 1. The number of urea groups is 1. The number of nitrogens with zero attached hydrogens (tertiary/aromatic N) is 2. The molecule has 0 saturated heterocycles. The van der Waals surface area contributed by atoms with Crippen LogP contribution < -0.4 is 5.32 Å². The third-order valence-corrected chi connectivity index (χ3v) is 4.24. The van der Waals surface area contributed by atoms with Gasteiger partial charge < -0.3 is 14.8 Å². The Kier molecular flexibility index (Phi) is 3.69. The Labute approximate surface area is 125 Å². The van der Waals surface area contributed by atoms with Gasteiger partial charge in [0.05, 0.1) is 6.04 Å². The molecule has 2 amide bonds. The Morgan fingerprint density at radius 2 is 2.05 bits per heavy atom.